The minimum atomic E-state index is -0.543. The number of aryl methyl sites for hydroxylation is 2. The fourth-order valence-corrected chi connectivity index (χ4v) is 2.46. The Hall–Kier alpha value is -2.98. The van der Waals surface area contributed by atoms with E-state index in [0.717, 1.165) is 18.4 Å². The fraction of sp³-hybridized carbons (Fsp3) is 0.316. The Bertz CT molecular complexity index is 783. The van der Waals surface area contributed by atoms with E-state index < -0.39 is 6.09 Å². The molecule has 130 valence electrons. The summed E-state index contributed by atoms with van der Waals surface area (Å²) in [6, 6.07) is 11.1. The maximum atomic E-state index is 11.9. The van der Waals surface area contributed by atoms with Crippen LogP contribution in [-0.4, -0.2) is 18.8 Å². The van der Waals surface area contributed by atoms with E-state index in [4.69, 9.17) is 4.74 Å². The summed E-state index contributed by atoms with van der Waals surface area (Å²) in [5, 5.41) is 2.63. The van der Waals surface area contributed by atoms with E-state index in [0.29, 0.717) is 17.9 Å². The summed E-state index contributed by atoms with van der Waals surface area (Å²) in [6.45, 7) is 4.82. The minimum absolute atomic E-state index is 0.266. The number of carbonyl (C=O) groups is 1. The highest BCUT2D eigenvalue weighted by Gasteiger charge is 2.10. The van der Waals surface area contributed by atoms with Crippen molar-refractivity contribution in [3.8, 4) is 0 Å². The lowest BCUT2D eigenvalue weighted by Gasteiger charge is -2.08. The lowest BCUT2D eigenvalue weighted by atomic mass is 10.2. The Balaban J connectivity index is 1.89. The number of aromatic nitrogens is 1. The van der Waals surface area contributed by atoms with Gasteiger partial charge in [0.2, 0.25) is 6.08 Å². The molecular formula is C19H22N3O3+. The smallest absolute Gasteiger partial charge is 0.411 e. The van der Waals surface area contributed by atoms with E-state index in [2.05, 4.69) is 27.9 Å². The van der Waals surface area contributed by atoms with Crippen molar-refractivity contribution < 1.29 is 18.9 Å². The Morgan fingerprint density at radius 3 is 2.92 bits per heavy atom. The van der Waals surface area contributed by atoms with Gasteiger partial charge in [0, 0.05) is 24.2 Å². The van der Waals surface area contributed by atoms with Crippen LogP contribution in [-0.2, 0) is 22.5 Å². The summed E-state index contributed by atoms with van der Waals surface area (Å²) < 4.78 is 7.32. The second kappa shape index (κ2) is 9.35. The van der Waals surface area contributed by atoms with Crippen LogP contribution in [0.25, 0.3) is 0 Å². The van der Waals surface area contributed by atoms with Crippen LogP contribution in [0.1, 0.15) is 24.6 Å². The van der Waals surface area contributed by atoms with Crippen LogP contribution in [0.15, 0.2) is 47.6 Å². The first-order valence-electron chi connectivity index (χ1n) is 8.23. The zero-order chi connectivity index (χ0) is 18.1. The van der Waals surface area contributed by atoms with Gasteiger partial charge in [-0.25, -0.2) is 9.59 Å². The van der Waals surface area contributed by atoms with Gasteiger partial charge in [0.05, 0.1) is 5.69 Å². The van der Waals surface area contributed by atoms with Crippen molar-refractivity contribution in [1.82, 2.24) is 0 Å². The first-order chi connectivity index (χ1) is 12.1. The molecule has 6 nitrogen and oxygen atoms in total. The Morgan fingerprint density at radius 2 is 2.16 bits per heavy atom. The van der Waals surface area contributed by atoms with Gasteiger partial charge in [0.25, 0.3) is 0 Å². The van der Waals surface area contributed by atoms with Crippen LogP contribution >= 0.6 is 0 Å². The maximum absolute atomic E-state index is 11.9. The quantitative estimate of drug-likeness (QED) is 0.477. The van der Waals surface area contributed by atoms with Crippen molar-refractivity contribution in [2.24, 2.45) is 4.99 Å². The normalized spacial score (nSPS) is 10.0. The number of pyridine rings is 1. The number of amides is 1. The zero-order valence-corrected chi connectivity index (χ0v) is 14.5. The van der Waals surface area contributed by atoms with E-state index in [9.17, 15) is 9.59 Å². The fourth-order valence-electron chi connectivity index (χ4n) is 2.46. The molecule has 0 saturated carbocycles. The monoisotopic (exact) mass is 340 g/mol. The Kier molecular flexibility index (Phi) is 6.87. The van der Waals surface area contributed by atoms with E-state index in [1.54, 1.807) is 18.2 Å². The van der Waals surface area contributed by atoms with Gasteiger partial charge in [-0.15, -0.1) is 0 Å². The molecule has 0 fully saturated rings. The second-order valence-corrected chi connectivity index (χ2v) is 5.60. The van der Waals surface area contributed by atoms with Crippen molar-refractivity contribution in [2.45, 2.75) is 33.2 Å². The van der Waals surface area contributed by atoms with Gasteiger partial charge in [0.1, 0.15) is 0 Å². The molecule has 0 bridgehead atoms. The zero-order valence-electron chi connectivity index (χ0n) is 14.5. The second-order valence-electron chi connectivity index (χ2n) is 5.60. The first-order valence-corrected chi connectivity index (χ1v) is 8.23. The predicted octanol–water partition coefficient (Wildman–Crippen LogP) is 3.45. The van der Waals surface area contributed by atoms with E-state index >= 15 is 0 Å². The van der Waals surface area contributed by atoms with Gasteiger partial charge in [-0.2, -0.15) is 9.56 Å². The first kappa shape index (κ1) is 18.4. The van der Waals surface area contributed by atoms with Crippen LogP contribution in [0.5, 0.6) is 0 Å². The van der Waals surface area contributed by atoms with E-state index in [1.807, 2.05) is 25.3 Å². The van der Waals surface area contributed by atoms with Crippen molar-refractivity contribution in [3.05, 3.63) is 53.9 Å². The van der Waals surface area contributed by atoms with Gasteiger partial charge >= 0.3 is 6.09 Å². The summed E-state index contributed by atoms with van der Waals surface area (Å²) in [7, 11) is 0. The number of rotatable bonds is 7. The van der Waals surface area contributed by atoms with Crippen molar-refractivity contribution in [1.29, 1.82) is 0 Å². The number of benzene rings is 1. The molecule has 0 unspecified atom stereocenters. The third-order valence-electron chi connectivity index (χ3n) is 3.73. The van der Waals surface area contributed by atoms with Crippen LogP contribution in [0.3, 0.4) is 0 Å². The average Bonchev–Trinajstić information content (AvgIpc) is 2.60. The number of aliphatic imine (C=N–C) groups is 1. The van der Waals surface area contributed by atoms with Gasteiger partial charge in [0.15, 0.2) is 25.0 Å². The van der Waals surface area contributed by atoms with Crippen LogP contribution in [0, 0.1) is 6.92 Å². The minimum Gasteiger partial charge on any atom is -0.443 e. The number of hydrogen-bond donors (Lipinski definition) is 1. The van der Waals surface area contributed by atoms with Gasteiger partial charge in [-0.05, 0) is 31.0 Å². The summed E-state index contributed by atoms with van der Waals surface area (Å²) in [5.41, 5.74) is 3.02. The molecule has 1 N–H and O–H groups in total. The van der Waals surface area contributed by atoms with Crippen LogP contribution < -0.4 is 9.88 Å². The number of hydrogen-bond acceptors (Lipinski definition) is 4. The van der Waals surface area contributed by atoms with E-state index in [-0.39, 0.29) is 6.61 Å². The number of nitrogens with one attached hydrogen (secondary N) is 1. The SMILES string of the molecule is CCCc1cccc[n+]1CCOC(=O)Nc1ccc(C)c(N=C=O)c1. The molecule has 0 aliphatic rings. The molecule has 0 radical (unpaired) electrons. The molecule has 1 aromatic carbocycles. The largest absolute Gasteiger partial charge is 0.443 e. The molecule has 1 heterocycles. The van der Waals surface area contributed by atoms with Crippen molar-refractivity contribution in [2.75, 3.05) is 11.9 Å². The molecule has 1 aromatic heterocycles. The molecule has 0 spiro atoms. The molecular weight excluding hydrogens is 318 g/mol. The van der Waals surface area contributed by atoms with Crippen molar-refractivity contribution >= 4 is 23.5 Å². The summed E-state index contributed by atoms with van der Waals surface area (Å²) >= 11 is 0. The highest BCUT2D eigenvalue weighted by atomic mass is 16.5. The molecule has 6 heteroatoms. The van der Waals surface area contributed by atoms with Crippen molar-refractivity contribution in [3.63, 3.8) is 0 Å². The highest BCUT2D eigenvalue weighted by Crippen LogP contribution is 2.22. The summed E-state index contributed by atoms with van der Waals surface area (Å²) in [6.07, 6.45) is 4.98. The molecule has 0 atom stereocenters. The lowest BCUT2D eigenvalue weighted by molar-refractivity contribution is -0.705. The van der Waals surface area contributed by atoms with Gasteiger partial charge < -0.3 is 4.74 Å². The topological polar surface area (TPSA) is 71.6 Å². The maximum Gasteiger partial charge on any atom is 0.411 e. The molecule has 0 aliphatic heterocycles. The third-order valence-corrected chi connectivity index (χ3v) is 3.73. The summed E-state index contributed by atoms with van der Waals surface area (Å²) in [4.78, 5) is 25.9. The predicted molar refractivity (Wildman–Crippen MR) is 94.6 cm³/mol. The summed E-state index contributed by atoms with van der Waals surface area (Å²) in [5.74, 6) is 0. The lowest BCUT2D eigenvalue weighted by Crippen LogP contribution is -2.40. The number of nitrogens with zero attached hydrogens (tertiary/aromatic N) is 2. The third kappa shape index (κ3) is 5.55. The van der Waals surface area contributed by atoms with Gasteiger partial charge in [-0.1, -0.05) is 19.1 Å². The number of ether oxygens (including phenoxy) is 1. The molecule has 0 saturated heterocycles. The molecule has 0 aliphatic carbocycles. The molecule has 2 aromatic rings. The number of anilines is 1. The number of carbonyl (C=O) groups excluding carboxylic acids is 2. The van der Waals surface area contributed by atoms with E-state index in [1.165, 1.54) is 11.8 Å². The molecule has 2 rings (SSSR count). The highest BCUT2D eigenvalue weighted by molar-refractivity contribution is 5.85. The van der Waals surface area contributed by atoms with Crippen LogP contribution in [0.2, 0.25) is 0 Å². The van der Waals surface area contributed by atoms with Gasteiger partial charge in [-0.3, -0.25) is 5.32 Å². The number of isocyanates is 1. The Morgan fingerprint density at radius 1 is 1.32 bits per heavy atom. The Labute approximate surface area is 147 Å². The molecule has 25 heavy (non-hydrogen) atoms. The molecule has 1 amide bonds. The average molecular weight is 340 g/mol. The van der Waals surface area contributed by atoms with Crippen LogP contribution in [0.4, 0.5) is 16.2 Å². The standard InChI is InChI=1S/C19H21N3O3/c1-3-6-17-7-4-5-10-22(17)11-12-25-19(24)21-16-9-8-15(2)18(13-16)20-14-23/h4-5,7-10,13H,3,6,11-12H2,1-2H3/p+1.